The van der Waals surface area contributed by atoms with Gasteiger partial charge >= 0.3 is 0 Å². The highest BCUT2D eigenvalue weighted by molar-refractivity contribution is 8.03. The van der Waals surface area contributed by atoms with E-state index in [1.54, 1.807) is 6.26 Å². The molecule has 162 valence electrons. The van der Waals surface area contributed by atoms with Gasteiger partial charge in [0.25, 0.3) is 0 Å². The number of allylic oxidation sites excluding steroid dienone is 1. The highest BCUT2D eigenvalue weighted by Crippen LogP contribution is 2.30. The number of hydrogen-bond acceptors (Lipinski definition) is 3. The molecule has 0 aliphatic heterocycles. The van der Waals surface area contributed by atoms with Crippen LogP contribution in [0.5, 0.6) is 0 Å². The molecule has 0 saturated heterocycles. The van der Waals surface area contributed by atoms with Crippen molar-refractivity contribution in [2.75, 3.05) is 12.5 Å². The van der Waals surface area contributed by atoms with Gasteiger partial charge in [-0.2, -0.15) is 23.5 Å². The van der Waals surface area contributed by atoms with Crippen LogP contribution in [0.1, 0.15) is 103 Å². The summed E-state index contributed by atoms with van der Waals surface area (Å²) in [7, 11) is 0. The van der Waals surface area contributed by atoms with Gasteiger partial charge in [0.15, 0.2) is 0 Å². The van der Waals surface area contributed by atoms with Crippen LogP contribution in [0.3, 0.4) is 0 Å². The molecule has 0 spiro atoms. The SMILES string of the molecule is CCCCCCC(SC)C(CCCCCCCCC/C=C/c1ccco1)SC. The standard InChI is InChI=1S/C25H44OS2/c1-4-5-6-15-20-24(27-2)25(28-3)21-16-13-11-9-7-8-10-12-14-18-23-19-17-22-26-23/h14,17-19,22,24-25H,4-13,15-16,20-21H2,1-3H3/b18-14+. The van der Waals surface area contributed by atoms with Crippen LogP contribution in [0.15, 0.2) is 28.9 Å². The second kappa shape index (κ2) is 18.7. The molecule has 2 atom stereocenters. The Morgan fingerprint density at radius 2 is 1.39 bits per heavy atom. The fourth-order valence-electron chi connectivity index (χ4n) is 3.76. The average molecular weight is 425 g/mol. The van der Waals surface area contributed by atoms with Crippen LogP contribution in [-0.4, -0.2) is 23.0 Å². The molecular formula is C25H44OS2. The first-order chi connectivity index (χ1) is 13.8. The molecule has 1 nitrogen and oxygen atoms in total. The van der Waals surface area contributed by atoms with E-state index in [1.165, 1.54) is 89.9 Å². The minimum Gasteiger partial charge on any atom is -0.465 e. The van der Waals surface area contributed by atoms with Crippen molar-refractivity contribution in [3.05, 3.63) is 30.2 Å². The molecule has 1 aromatic heterocycles. The second-order valence-electron chi connectivity index (χ2n) is 7.87. The molecule has 2 unspecified atom stereocenters. The number of furan rings is 1. The van der Waals surface area contributed by atoms with Gasteiger partial charge in [-0.05, 0) is 56.4 Å². The zero-order valence-electron chi connectivity index (χ0n) is 18.7. The Labute approximate surface area is 183 Å². The number of unbranched alkanes of at least 4 members (excludes halogenated alkanes) is 10. The summed E-state index contributed by atoms with van der Waals surface area (Å²) in [4.78, 5) is 0. The van der Waals surface area contributed by atoms with Gasteiger partial charge < -0.3 is 4.42 Å². The summed E-state index contributed by atoms with van der Waals surface area (Å²) >= 11 is 4.22. The average Bonchev–Trinajstić information content (AvgIpc) is 3.23. The minimum atomic E-state index is 0.859. The van der Waals surface area contributed by atoms with E-state index < -0.39 is 0 Å². The van der Waals surface area contributed by atoms with Gasteiger partial charge in [0.2, 0.25) is 0 Å². The lowest BCUT2D eigenvalue weighted by Gasteiger charge is -2.24. The normalized spacial score (nSPS) is 14.0. The molecule has 1 aromatic rings. The third-order valence-corrected chi connectivity index (χ3v) is 8.06. The van der Waals surface area contributed by atoms with E-state index in [0.29, 0.717) is 0 Å². The predicted octanol–water partition coefficient (Wildman–Crippen LogP) is 9.24. The molecule has 0 aliphatic rings. The van der Waals surface area contributed by atoms with Crippen molar-refractivity contribution in [3.63, 3.8) is 0 Å². The number of rotatable bonds is 19. The molecule has 0 radical (unpaired) electrons. The molecular weight excluding hydrogens is 380 g/mol. The van der Waals surface area contributed by atoms with Crippen LogP contribution in [-0.2, 0) is 0 Å². The maximum Gasteiger partial charge on any atom is 0.126 e. The largest absolute Gasteiger partial charge is 0.465 e. The maximum atomic E-state index is 5.30. The van der Waals surface area contributed by atoms with Gasteiger partial charge in [-0.3, -0.25) is 0 Å². The summed E-state index contributed by atoms with van der Waals surface area (Å²) in [6, 6.07) is 3.95. The molecule has 3 heteroatoms. The summed E-state index contributed by atoms with van der Waals surface area (Å²) in [6.07, 6.45) is 30.0. The molecule has 0 bridgehead atoms. The van der Waals surface area contributed by atoms with Crippen molar-refractivity contribution in [3.8, 4) is 0 Å². The van der Waals surface area contributed by atoms with Gasteiger partial charge in [0.05, 0.1) is 6.26 Å². The summed E-state index contributed by atoms with van der Waals surface area (Å²) in [6.45, 7) is 2.30. The third-order valence-electron chi connectivity index (χ3n) is 5.55. The lowest BCUT2D eigenvalue weighted by molar-refractivity contribution is 0.545. The van der Waals surface area contributed by atoms with E-state index in [1.807, 2.05) is 12.1 Å². The summed E-state index contributed by atoms with van der Waals surface area (Å²) in [5, 5.41) is 1.72. The van der Waals surface area contributed by atoms with Crippen molar-refractivity contribution in [1.29, 1.82) is 0 Å². The fraction of sp³-hybridized carbons (Fsp3) is 0.760. The predicted molar refractivity (Wildman–Crippen MR) is 133 cm³/mol. The van der Waals surface area contributed by atoms with Gasteiger partial charge in [0.1, 0.15) is 5.76 Å². The van der Waals surface area contributed by atoms with E-state index in [2.05, 4.69) is 55.1 Å². The van der Waals surface area contributed by atoms with Crippen LogP contribution in [0.2, 0.25) is 0 Å². The first-order valence-corrected chi connectivity index (χ1v) is 14.1. The zero-order valence-corrected chi connectivity index (χ0v) is 20.3. The molecule has 0 aliphatic carbocycles. The molecule has 28 heavy (non-hydrogen) atoms. The van der Waals surface area contributed by atoms with E-state index >= 15 is 0 Å². The van der Waals surface area contributed by atoms with Gasteiger partial charge in [-0.25, -0.2) is 0 Å². The smallest absolute Gasteiger partial charge is 0.126 e. The number of thioether (sulfide) groups is 2. The van der Waals surface area contributed by atoms with E-state index in [-0.39, 0.29) is 0 Å². The van der Waals surface area contributed by atoms with E-state index in [4.69, 9.17) is 4.42 Å². The van der Waals surface area contributed by atoms with Crippen LogP contribution >= 0.6 is 23.5 Å². The Hall–Kier alpha value is -0.280. The first kappa shape index (κ1) is 25.8. The molecule has 0 amide bonds. The lowest BCUT2D eigenvalue weighted by atomic mass is 10.0. The number of hydrogen-bond donors (Lipinski definition) is 0. The van der Waals surface area contributed by atoms with Crippen LogP contribution in [0, 0.1) is 0 Å². The summed E-state index contributed by atoms with van der Waals surface area (Å²) in [5.74, 6) is 0.966. The molecule has 1 rings (SSSR count). The summed E-state index contributed by atoms with van der Waals surface area (Å²) < 4.78 is 5.30. The molecule has 0 fully saturated rings. The van der Waals surface area contributed by atoms with Gasteiger partial charge in [-0.1, -0.05) is 77.2 Å². The quantitative estimate of drug-likeness (QED) is 0.205. The van der Waals surface area contributed by atoms with Crippen molar-refractivity contribution in [2.45, 2.75) is 107 Å². The highest BCUT2D eigenvalue weighted by Gasteiger charge is 2.18. The minimum absolute atomic E-state index is 0.859. The van der Waals surface area contributed by atoms with E-state index in [9.17, 15) is 0 Å². The lowest BCUT2D eigenvalue weighted by Crippen LogP contribution is -2.19. The maximum absolute atomic E-state index is 5.30. The Kier molecular flexibility index (Phi) is 17.2. The van der Waals surface area contributed by atoms with Crippen LogP contribution in [0.4, 0.5) is 0 Å². The Morgan fingerprint density at radius 3 is 1.93 bits per heavy atom. The molecule has 0 saturated carbocycles. The van der Waals surface area contributed by atoms with Crippen molar-refractivity contribution in [2.24, 2.45) is 0 Å². The molecule has 0 aromatic carbocycles. The fourth-order valence-corrected chi connectivity index (χ4v) is 6.11. The Balaban J connectivity index is 1.97. The van der Waals surface area contributed by atoms with Crippen molar-refractivity contribution >= 4 is 29.6 Å². The topological polar surface area (TPSA) is 13.1 Å². The van der Waals surface area contributed by atoms with Crippen LogP contribution in [0.25, 0.3) is 6.08 Å². The van der Waals surface area contributed by atoms with Gasteiger partial charge in [0, 0.05) is 10.5 Å². The molecule has 0 N–H and O–H groups in total. The van der Waals surface area contributed by atoms with E-state index in [0.717, 1.165) is 16.3 Å². The Bertz CT molecular complexity index is 455. The monoisotopic (exact) mass is 424 g/mol. The molecule has 1 heterocycles. The zero-order chi connectivity index (χ0) is 20.3. The highest BCUT2D eigenvalue weighted by atomic mass is 32.2. The Morgan fingerprint density at radius 1 is 0.821 bits per heavy atom. The third kappa shape index (κ3) is 13.0. The second-order valence-corrected chi connectivity index (χ2v) is 10.0. The van der Waals surface area contributed by atoms with Crippen LogP contribution < -0.4 is 0 Å². The van der Waals surface area contributed by atoms with Gasteiger partial charge in [-0.15, -0.1) is 0 Å². The van der Waals surface area contributed by atoms with Crippen molar-refractivity contribution in [1.82, 2.24) is 0 Å². The first-order valence-electron chi connectivity index (χ1n) is 11.6. The summed E-state index contributed by atoms with van der Waals surface area (Å²) in [5.41, 5.74) is 0. The van der Waals surface area contributed by atoms with Crippen molar-refractivity contribution < 1.29 is 4.42 Å².